The molecule has 0 radical (unpaired) electrons. The van der Waals surface area contributed by atoms with E-state index < -0.39 is 15.7 Å². The second-order valence-electron chi connectivity index (χ2n) is 3.40. The number of Topliss-reactive ketones (excluding diaryl/α,β-unsaturated/α-hetero) is 1. The van der Waals surface area contributed by atoms with Crippen LogP contribution >= 0.6 is 0 Å². The van der Waals surface area contributed by atoms with Crippen molar-refractivity contribution in [2.75, 3.05) is 6.26 Å². The first-order valence-electron chi connectivity index (χ1n) is 4.28. The van der Waals surface area contributed by atoms with Crippen molar-refractivity contribution in [3.05, 3.63) is 29.6 Å². The minimum Gasteiger partial charge on any atom is -0.300 e. The summed E-state index contributed by atoms with van der Waals surface area (Å²) < 4.78 is 35.5. The van der Waals surface area contributed by atoms with Crippen LogP contribution < -0.4 is 0 Å². The number of benzene rings is 1. The normalized spacial score (nSPS) is 11.4. The van der Waals surface area contributed by atoms with Crippen LogP contribution in [-0.2, 0) is 21.1 Å². The minimum absolute atomic E-state index is 0.0180. The Labute approximate surface area is 87.8 Å². The molecule has 5 heteroatoms. The molecule has 0 N–H and O–H groups in total. The van der Waals surface area contributed by atoms with Gasteiger partial charge in [-0.05, 0) is 24.6 Å². The van der Waals surface area contributed by atoms with Gasteiger partial charge in [-0.2, -0.15) is 0 Å². The number of halogens is 1. The molecule has 0 spiro atoms. The Bertz CT molecular complexity index is 491. The summed E-state index contributed by atoms with van der Waals surface area (Å²) in [5.41, 5.74) is 0.218. The number of sulfone groups is 1. The molecule has 0 bridgehead atoms. The van der Waals surface area contributed by atoms with Crippen LogP contribution in [0.5, 0.6) is 0 Å². The van der Waals surface area contributed by atoms with E-state index in [1.54, 1.807) is 0 Å². The van der Waals surface area contributed by atoms with Gasteiger partial charge >= 0.3 is 0 Å². The standard InChI is InChI=1S/C10H11FO3S/c1-7(12)5-8-3-4-9(6-10(8)11)15(2,13)14/h3-4,6H,5H2,1-2H3. The van der Waals surface area contributed by atoms with E-state index in [2.05, 4.69) is 0 Å². The summed E-state index contributed by atoms with van der Waals surface area (Å²) in [6.45, 7) is 1.35. The zero-order chi connectivity index (χ0) is 11.6. The van der Waals surface area contributed by atoms with E-state index >= 15 is 0 Å². The highest BCUT2D eigenvalue weighted by molar-refractivity contribution is 7.90. The van der Waals surface area contributed by atoms with Crippen molar-refractivity contribution < 1.29 is 17.6 Å². The van der Waals surface area contributed by atoms with Gasteiger partial charge in [0.2, 0.25) is 0 Å². The Morgan fingerprint density at radius 1 is 1.40 bits per heavy atom. The monoisotopic (exact) mass is 230 g/mol. The van der Waals surface area contributed by atoms with Crippen LogP contribution in [0.25, 0.3) is 0 Å². The lowest BCUT2D eigenvalue weighted by Crippen LogP contribution is -2.02. The molecular weight excluding hydrogens is 219 g/mol. The number of carbonyl (C=O) groups excluding carboxylic acids is 1. The van der Waals surface area contributed by atoms with Crippen LogP contribution in [0.2, 0.25) is 0 Å². The van der Waals surface area contributed by atoms with E-state index in [1.807, 2.05) is 0 Å². The maximum Gasteiger partial charge on any atom is 0.175 e. The van der Waals surface area contributed by atoms with Crippen LogP contribution in [0.4, 0.5) is 4.39 Å². The highest BCUT2D eigenvalue weighted by Crippen LogP contribution is 2.15. The minimum atomic E-state index is -3.40. The zero-order valence-electron chi connectivity index (χ0n) is 8.45. The first-order valence-corrected chi connectivity index (χ1v) is 6.18. The lowest BCUT2D eigenvalue weighted by atomic mass is 10.1. The summed E-state index contributed by atoms with van der Waals surface area (Å²) in [6.07, 6.45) is 0.988. The van der Waals surface area contributed by atoms with Crippen molar-refractivity contribution in [1.29, 1.82) is 0 Å². The predicted octanol–water partition coefficient (Wildman–Crippen LogP) is 1.36. The van der Waals surface area contributed by atoms with Gasteiger partial charge in [0.15, 0.2) is 9.84 Å². The van der Waals surface area contributed by atoms with Gasteiger partial charge in [-0.25, -0.2) is 12.8 Å². The quantitative estimate of drug-likeness (QED) is 0.787. The molecule has 0 aliphatic rings. The largest absolute Gasteiger partial charge is 0.300 e. The van der Waals surface area contributed by atoms with E-state index in [-0.39, 0.29) is 22.7 Å². The summed E-state index contributed by atoms with van der Waals surface area (Å²) in [7, 11) is -3.40. The molecule has 0 unspecified atom stereocenters. The smallest absolute Gasteiger partial charge is 0.175 e. The van der Waals surface area contributed by atoms with E-state index in [0.717, 1.165) is 12.3 Å². The molecule has 0 fully saturated rings. The summed E-state index contributed by atoms with van der Waals surface area (Å²) >= 11 is 0. The van der Waals surface area contributed by atoms with Gasteiger partial charge in [-0.1, -0.05) is 6.07 Å². The fraction of sp³-hybridized carbons (Fsp3) is 0.300. The van der Waals surface area contributed by atoms with E-state index in [4.69, 9.17) is 0 Å². The number of hydrogen-bond acceptors (Lipinski definition) is 3. The topological polar surface area (TPSA) is 51.2 Å². The SMILES string of the molecule is CC(=O)Cc1ccc(S(C)(=O)=O)cc1F. The van der Waals surface area contributed by atoms with Gasteiger partial charge in [0.25, 0.3) is 0 Å². The molecule has 3 nitrogen and oxygen atoms in total. The van der Waals surface area contributed by atoms with Gasteiger partial charge in [-0.15, -0.1) is 0 Å². The Balaban J connectivity index is 3.15. The van der Waals surface area contributed by atoms with Crippen molar-refractivity contribution in [2.45, 2.75) is 18.2 Å². The Hall–Kier alpha value is -1.23. The van der Waals surface area contributed by atoms with Gasteiger partial charge in [-0.3, -0.25) is 4.79 Å². The second-order valence-corrected chi connectivity index (χ2v) is 5.42. The zero-order valence-corrected chi connectivity index (χ0v) is 9.27. The maximum absolute atomic E-state index is 13.3. The summed E-state index contributed by atoms with van der Waals surface area (Å²) in [5.74, 6) is -0.825. The van der Waals surface area contributed by atoms with Crippen LogP contribution in [0.1, 0.15) is 12.5 Å². The van der Waals surface area contributed by atoms with Crippen molar-refractivity contribution in [2.24, 2.45) is 0 Å². The van der Waals surface area contributed by atoms with E-state index in [9.17, 15) is 17.6 Å². The van der Waals surface area contributed by atoms with E-state index in [0.29, 0.717) is 0 Å². The fourth-order valence-electron chi connectivity index (χ4n) is 1.17. The van der Waals surface area contributed by atoms with Crippen LogP contribution in [0, 0.1) is 5.82 Å². The molecule has 0 heterocycles. The molecule has 1 aromatic carbocycles. The highest BCUT2D eigenvalue weighted by atomic mass is 32.2. The first-order chi connectivity index (χ1) is 6.80. The molecule has 0 aliphatic heterocycles. The maximum atomic E-state index is 13.3. The first kappa shape index (κ1) is 11.8. The Kier molecular flexibility index (Phi) is 3.24. The number of carbonyl (C=O) groups is 1. The molecule has 1 aromatic rings. The third-order valence-electron chi connectivity index (χ3n) is 1.89. The predicted molar refractivity (Wildman–Crippen MR) is 53.9 cm³/mol. The lowest BCUT2D eigenvalue weighted by molar-refractivity contribution is -0.116. The molecule has 15 heavy (non-hydrogen) atoms. The second kappa shape index (κ2) is 4.10. The van der Waals surface area contributed by atoms with E-state index in [1.165, 1.54) is 19.1 Å². The van der Waals surface area contributed by atoms with Crippen molar-refractivity contribution in [3.63, 3.8) is 0 Å². The average Bonchev–Trinajstić information content (AvgIpc) is 2.05. The molecular formula is C10H11FO3S. The number of hydrogen-bond donors (Lipinski definition) is 0. The molecule has 1 rings (SSSR count). The average molecular weight is 230 g/mol. The Morgan fingerprint density at radius 2 is 2.00 bits per heavy atom. The molecule has 82 valence electrons. The van der Waals surface area contributed by atoms with Crippen molar-refractivity contribution in [3.8, 4) is 0 Å². The van der Waals surface area contributed by atoms with Crippen LogP contribution in [-0.4, -0.2) is 20.5 Å². The summed E-state index contributed by atoms with van der Waals surface area (Å²) in [5, 5.41) is 0. The third kappa shape index (κ3) is 3.13. The number of rotatable bonds is 3. The van der Waals surface area contributed by atoms with Crippen molar-refractivity contribution in [1.82, 2.24) is 0 Å². The molecule has 0 aliphatic carbocycles. The molecule has 0 amide bonds. The lowest BCUT2D eigenvalue weighted by Gasteiger charge is -2.03. The highest BCUT2D eigenvalue weighted by Gasteiger charge is 2.11. The number of ketones is 1. The van der Waals surface area contributed by atoms with Crippen LogP contribution in [0.15, 0.2) is 23.1 Å². The summed E-state index contributed by atoms with van der Waals surface area (Å²) in [4.78, 5) is 10.7. The molecule has 0 saturated carbocycles. The third-order valence-corrected chi connectivity index (χ3v) is 3.00. The Morgan fingerprint density at radius 3 is 2.40 bits per heavy atom. The molecule has 0 saturated heterocycles. The van der Waals surface area contributed by atoms with Gasteiger partial charge in [0.05, 0.1) is 4.90 Å². The molecule has 0 atom stereocenters. The van der Waals surface area contributed by atoms with Gasteiger partial charge < -0.3 is 0 Å². The molecule has 0 aromatic heterocycles. The fourth-order valence-corrected chi connectivity index (χ4v) is 1.80. The van der Waals surface area contributed by atoms with Crippen molar-refractivity contribution >= 4 is 15.6 Å². The van der Waals surface area contributed by atoms with Gasteiger partial charge in [0, 0.05) is 12.7 Å². The van der Waals surface area contributed by atoms with Crippen LogP contribution in [0.3, 0.4) is 0 Å². The van der Waals surface area contributed by atoms with Gasteiger partial charge in [0.1, 0.15) is 11.6 Å². The summed E-state index contributed by atoms with van der Waals surface area (Å²) in [6, 6.07) is 3.57.